The number of hydrogen-bond acceptors (Lipinski definition) is 3. The van der Waals surface area contributed by atoms with Crippen molar-refractivity contribution in [1.29, 1.82) is 0 Å². The molecule has 21 heavy (non-hydrogen) atoms. The maximum Gasteiger partial charge on any atom is 0.313 e. The first-order valence-electron chi connectivity index (χ1n) is 6.95. The molecule has 0 amide bonds. The molecule has 112 valence electrons. The molecule has 0 saturated carbocycles. The van der Waals surface area contributed by atoms with Crippen LogP contribution in [0.1, 0.15) is 36.7 Å². The molecule has 0 aliphatic heterocycles. The normalized spacial score (nSPS) is 12.2. The van der Waals surface area contributed by atoms with E-state index < -0.39 is 0 Å². The number of halogens is 1. The highest BCUT2D eigenvalue weighted by molar-refractivity contribution is 9.10. The first kappa shape index (κ1) is 15.8. The number of aryl methyl sites for hydroxylation is 1. The van der Waals surface area contributed by atoms with E-state index in [1.807, 2.05) is 56.6 Å². The summed E-state index contributed by atoms with van der Waals surface area (Å²) in [5.41, 5.74) is 3.70. The summed E-state index contributed by atoms with van der Waals surface area (Å²) in [6.07, 6.45) is 0. The summed E-state index contributed by atoms with van der Waals surface area (Å²) in [5, 5.41) is 4.58. The number of carbonyl (C=O) groups excluding carboxylic acids is 1. The second-order valence-corrected chi connectivity index (χ2v) is 5.78. The Morgan fingerprint density at radius 3 is 2.67 bits per heavy atom. The Morgan fingerprint density at radius 2 is 2.05 bits per heavy atom. The van der Waals surface area contributed by atoms with Crippen LogP contribution in [0.2, 0.25) is 0 Å². The number of rotatable bonds is 4. The predicted octanol–water partition coefficient (Wildman–Crippen LogP) is 3.92. The third-order valence-electron chi connectivity index (χ3n) is 3.50. The maximum absolute atomic E-state index is 12.0. The Balaban J connectivity index is 2.48. The van der Waals surface area contributed by atoms with E-state index in [0.29, 0.717) is 6.61 Å². The van der Waals surface area contributed by atoms with Crippen molar-refractivity contribution in [1.82, 2.24) is 9.78 Å². The lowest BCUT2D eigenvalue weighted by Gasteiger charge is -2.12. The topological polar surface area (TPSA) is 44.1 Å². The third-order valence-corrected chi connectivity index (χ3v) is 4.17. The van der Waals surface area contributed by atoms with Gasteiger partial charge in [0.15, 0.2) is 0 Å². The van der Waals surface area contributed by atoms with Gasteiger partial charge in [0.05, 0.1) is 23.9 Å². The number of carbonyl (C=O) groups is 1. The molecule has 2 rings (SSSR count). The van der Waals surface area contributed by atoms with Crippen LogP contribution >= 0.6 is 15.9 Å². The van der Waals surface area contributed by atoms with Crippen LogP contribution in [-0.4, -0.2) is 22.4 Å². The van der Waals surface area contributed by atoms with Crippen molar-refractivity contribution in [3.8, 4) is 5.69 Å². The van der Waals surface area contributed by atoms with Crippen LogP contribution in [0.5, 0.6) is 0 Å². The maximum atomic E-state index is 12.0. The van der Waals surface area contributed by atoms with Gasteiger partial charge in [0, 0.05) is 15.7 Å². The Labute approximate surface area is 133 Å². The van der Waals surface area contributed by atoms with Crippen molar-refractivity contribution in [2.75, 3.05) is 6.61 Å². The molecule has 0 aliphatic rings. The molecule has 0 N–H and O–H groups in total. The second kappa shape index (κ2) is 6.43. The first-order chi connectivity index (χ1) is 9.97. The van der Waals surface area contributed by atoms with Crippen LogP contribution in [0.15, 0.2) is 28.7 Å². The van der Waals surface area contributed by atoms with E-state index in [0.717, 1.165) is 27.1 Å². The average molecular weight is 351 g/mol. The summed E-state index contributed by atoms with van der Waals surface area (Å²) in [5.74, 6) is -0.531. The van der Waals surface area contributed by atoms with Crippen LogP contribution in [0.25, 0.3) is 5.69 Å². The molecule has 0 radical (unpaired) electrons. The minimum atomic E-state index is -0.318. The number of nitrogens with zero attached hydrogens (tertiary/aromatic N) is 2. The second-order valence-electron chi connectivity index (χ2n) is 4.92. The van der Waals surface area contributed by atoms with Crippen molar-refractivity contribution in [3.63, 3.8) is 0 Å². The number of esters is 1. The molecule has 1 unspecified atom stereocenters. The van der Waals surface area contributed by atoms with Gasteiger partial charge in [-0.25, -0.2) is 4.68 Å². The molecule has 1 atom stereocenters. The molecule has 0 saturated heterocycles. The van der Waals surface area contributed by atoms with Gasteiger partial charge in [-0.1, -0.05) is 12.1 Å². The summed E-state index contributed by atoms with van der Waals surface area (Å²) in [6.45, 7) is 7.96. The van der Waals surface area contributed by atoms with E-state index in [2.05, 4.69) is 21.0 Å². The van der Waals surface area contributed by atoms with Gasteiger partial charge in [-0.15, -0.1) is 0 Å². The van der Waals surface area contributed by atoms with Gasteiger partial charge < -0.3 is 4.74 Å². The van der Waals surface area contributed by atoms with Crippen molar-refractivity contribution in [2.24, 2.45) is 0 Å². The fourth-order valence-electron chi connectivity index (χ4n) is 2.52. The lowest BCUT2D eigenvalue weighted by Crippen LogP contribution is -2.14. The smallest absolute Gasteiger partial charge is 0.313 e. The monoisotopic (exact) mass is 350 g/mol. The molecule has 0 aliphatic carbocycles. The molecule has 1 aromatic heterocycles. The van der Waals surface area contributed by atoms with E-state index in [1.54, 1.807) is 0 Å². The Hall–Kier alpha value is -1.62. The van der Waals surface area contributed by atoms with Crippen molar-refractivity contribution in [3.05, 3.63) is 45.7 Å². The summed E-state index contributed by atoms with van der Waals surface area (Å²) in [7, 11) is 0. The molecule has 1 aromatic carbocycles. The van der Waals surface area contributed by atoms with Crippen LogP contribution in [-0.2, 0) is 9.53 Å². The van der Waals surface area contributed by atoms with Gasteiger partial charge in [0.25, 0.3) is 0 Å². The third kappa shape index (κ3) is 3.02. The van der Waals surface area contributed by atoms with Crippen molar-refractivity contribution < 1.29 is 9.53 Å². The van der Waals surface area contributed by atoms with Crippen LogP contribution in [0.4, 0.5) is 0 Å². The van der Waals surface area contributed by atoms with E-state index in [1.165, 1.54) is 0 Å². The zero-order valence-corrected chi connectivity index (χ0v) is 14.3. The number of hydrogen-bond donors (Lipinski definition) is 0. The van der Waals surface area contributed by atoms with Gasteiger partial charge in [0.2, 0.25) is 0 Å². The summed E-state index contributed by atoms with van der Waals surface area (Å²) in [6, 6.07) is 7.88. The average Bonchev–Trinajstić information content (AvgIpc) is 2.74. The molecule has 2 aromatic rings. The quantitative estimate of drug-likeness (QED) is 0.785. The largest absolute Gasteiger partial charge is 0.466 e. The van der Waals surface area contributed by atoms with Gasteiger partial charge >= 0.3 is 5.97 Å². The molecule has 4 nitrogen and oxygen atoms in total. The standard InChI is InChI=1S/C16H19BrN2O2/c1-5-21-16(20)10(2)15-11(3)18-19(12(15)4)14-9-7-6-8-13(14)17/h6-10H,5H2,1-4H3. The van der Waals surface area contributed by atoms with Crippen LogP contribution in [0, 0.1) is 13.8 Å². The molecule has 0 spiro atoms. The van der Waals surface area contributed by atoms with Crippen molar-refractivity contribution in [2.45, 2.75) is 33.6 Å². The zero-order valence-electron chi connectivity index (χ0n) is 12.7. The Bertz CT molecular complexity index is 664. The lowest BCUT2D eigenvalue weighted by atomic mass is 9.99. The van der Waals surface area contributed by atoms with E-state index in [-0.39, 0.29) is 11.9 Å². The van der Waals surface area contributed by atoms with Gasteiger partial charge in [-0.3, -0.25) is 4.79 Å². The van der Waals surface area contributed by atoms with E-state index in [4.69, 9.17) is 4.74 Å². The number of aromatic nitrogens is 2. The van der Waals surface area contributed by atoms with Crippen LogP contribution < -0.4 is 0 Å². The highest BCUT2D eigenvalue weighted by Crippen LogP contribution is 2.29. The van der Waals surface area contributed by atoms with Crippen LogP contribution in [0.3, 0.4) is 0 Å². The summed E-state index contributed by atoms with van der Waals surface area (Å²) < 4.78 is 7.95. The fourth-order valence-corrected chi connectivity index (χ4v) is 2.98. The molecule has 1 heterocycles. The predicted molar refractivity (Wildman–Crippen MR) is 85.8 cm³/mol. The fraction of sp³-hybridized carbons (Fsp3) is 0.375. The molecule has 0 bridgehead atoms. The van der Waals surface area contributed by atoms with E-state index in [9.17, 15) is 4.79 Å². The lowest BCUT2D eigenvalue weighted by molar-refractivity contribution is -0.144. The Kier molecular flexibility index (Phi) is 4.83. The highest BCUT2D eigenvalue weighted by Gasteiger charge is 2.25. The highest BCUT2D eigenvalue weighted by atomic mass is 79.9. The zero-order chi connectivity index (χ0) is 15.6. The first-order valence-corrected chi connectivity index (χ1v) is 7.74. The molecule has 0 fully saturated rings. The van der Waals surface area contributed by atoms with Gasteiger partial charge in [0.1, 0.15) is 0 Å². The number of benzene rings is 1. The molecular weight excluding hydrogens is 332 g/mol. The van der Waals surface area contributed by atoms with Gasteiger partial charge in [-0.05, 0) is 55.8 Å². The summed E-state index contributed by atoms with van der Waals surface area (Å²) in [4.78, 5) is 12.0. The van der Waals surface area contributed by atoms with Gasteiger partial charge in [-0.2, -0.15) is 5.10 Å². The SMILES string of the molecule is CCOC(=O)C(C)c1c(C)nn(-c2ccccc2Br)c1C. The Morgan fingerprint density at radius 1 is 1.38 bits per heavy atom. The number of ether oxygens (including phenoxy) is 1. The summed E-state index contributed by atoms with van der Waals surface area (Å²) >= 11 is 3.54. The minimum absolute atomic E-state index is 0.213. The minimum Gasteiger partial charge on any atom is -0.466 e. The van der Waals surface area contributed by atoms with E-state index >= 15 is 0 Å². The molecular formula is C16H19BrN2O2. The molecule has 5 heteroatoms. The van der Waals surface area contributed by atoms with Crippen molar-refractivity contribution >= 4 is 21.9 Å². The number of para-hydroxylation sites is 1.